The molecule has 98 valence electrons. The Bertz CT molecular complexity index is 477. The van der Waals surface area contributed by atoms with Crippen LogP contribution in [0.3, 0.4) is 0 Å². The molecule has 1 aromatic rings. The van der Waals surface area contributed by atoms with E-state index < -0.39 is 0 Å². The number of nitrogens with zero attached hydrogens (tertiary/aromatic N) is 1. The van der Waals surface area contributed by atoms with E-state index in [2.05, 4.69) is 38.0 Å². The maximum Gasteiger partial charge on any atom is 0.251 e. The molecule has 2 rings (SSSR count). The van der Waals surface area contributed by atoms with Gasteiger partial charge in [-0.2, -0.15) is 0 Å². The Morgan fingerprint density at radius 2 is 1.61 bits per heavy atom. The molecule has 1 aliphatic carbocycles. The van der Waals surface area contributed by atoms with Crippen molar-refractivity contribution in [2.45, 2.75) is 33.7 Å². The maximum atomic E-state index is 12.1. The number of rotatable bonds is 2. The topological polar surface area (TPSA) is 42.0 Å². The average molecular weight is 287 g/mol. The zero-order chi connectivity index (χ0) is 13.7. The predicted molar refractivity (Wildman–Crippen MR) is 73.1 cm³/mol. The highest BCUT2D eigenvalue weighted by Crippen LogP contribution is 2.62. The SMILES string of the molecule is CC1(C)C(NC(=O)c2cc(Cl)nc(Cl)c2)C1(C)C. The molecule has 0 radical (unpaired) electrons. The summed E-state index contributed by atoms with van der Waals surface area (Å²) in [5.74, 6) is -0.162. The lowest BCUT2D eigenvalue weighted by molar-refractivity contribution is 0.0943. The van der Waals surface area contributed by atoms with E-state index in [4.69, 9.17) is 23.2 Å². The lowest BCUT2D eigenvalue weighted by Gasteiger charge is -2.07. The third-order valence-corrected chi connectivity index (χ3v) is 4.71. The lowest BCUT2D eigenvalue weighted by atomic mass is 10.0. The molecule has 1 amide bonds. The molecule has 0 unspecified atom stereocenters. The minimum absolute atomic E-state index is 0.100. The molecule has 18 heavy (non-hydrogen) atoms. The Labute approximate surface area is 117 Å². The highest BCUT2D eigenvalue weighted by molar-refractivity contribution is 6.33. The highest BCUT2D eigenvalue weighted by Gasteiger charge is 2.65. The van der Waals surface area contributed by atoms with Crippen molar-refractivity contribution in [1.82, 2.24) is 10.3 Å². The van der Waals surface area contributed by atoms with Crippen molar-refractivity contribution in [2.75, 3.05) is 0 Å². The number of pyridine rings is 1. The number of halogens is 2. The van der Waals surface area contributed by atoms with Gasteiger partial charge in [0.15, 0.2) is 0 Å². The van der Waals surface area contributed by atoms with Crippen LogP contribution in [0, 0.1) is 10.8 Å². The Morgan fingerprint density at radius 3 is 2.00 bits per heavy atom. The van der Waals surface area contributed by atoms with Gasteiger partial charge in [-0.1, -0.05) is 50.9 Å². The zero-order valence-corrected chi connectivity index (χ0v) is 12.4. The van der Waals surface area contributed by atoms with Crippen LogP contribution < -0.4 is 5.32 Å². The van der Waals surface area contributed by atoms with E-state index in [1.807, 2.05) is 0 Å². The average Bonchev–Trinajstić information content (AvgIpc) is 2.59. The second-order valence-electron chi connectivity index (χ2n) is 5.85. The third kappa shape index (κ3) is 2.10. The number of nitrogens with one attached hydrogen (secondary N) is 1. The van der Waals surface area contributed by atoms with Crippen molar-refractivity contribution in [3.05, 3.63) is 28.0 Å². The first-order valence-electron chi connectivity index (χ1n) is 5.80. The van der Waals surface area contributed by atoms with Crippen molar-refractivity contribution >= 4 is 29.1 Å². The van der Waals surface area contributed by atoms with Gasteiger partial charge in [0, 0.05) is 11.6 Å². The standard InChI is InChI=1S/C13H16Cl2N2O/c1-12(2)11(13(12,3)4)17-10(18)7-5-8(14)16-9(15)6-7/h5-6,11H,1-4H3,(H,17,18). The first-order chi connectivity index (χ1) is 8.16. The number of carbonyl (C=O) groups is 1. The Morgan fingerprint density at radius 1 is 1.17 bits per heavy atom. The molecule has 5 heteroatoms. The van der Waals surface area contributed by atoms with Crippen LogP contribution in [-0.2, 0) is 0 Å². The Kier molecular flexibility index (Phi) is 3.11. The molecule has 1 fully saturated rings. The fourth-order valence-corrected chi connectivity index (χ4v) is 2.83. The smallest absolute Gasteiger partial charge is 0.251 e. The van der Waals surface area contributed by atoms with E-state index in [1.165, 1.54) is 12.1 Å². The van der Waals surface area contributed by atoms with E-state index in [0.29, 0.717) is 5.56 Å². The van der Waals surface area contributed by atoms with Crippen molar-refractivity contribution in [3.63, 3.8) is 0 Å². The second-order valence-corrected chi connectivity index (χ2v) is 6.63. The third-order valence-electron chi connectivity index (χ3n) is 4.32. The maximum absolute atomic E-state index is 12.1. The van der Waals surface area contributed by atoms with Crippen LogP contribution in [0.25, 0.3) is 0 Å². The molecule has 0 atom stereocenters. The van der Waals surface area contributed by atoms with E-state index in [0.717, 1.165) is 0 Å². The Balaban J connectivity index is 2.15. The molecule has 0 aromatic carbocycles. The van der Waals surface area contributed by atoms with Gasteiger partial charge in [0.2, 0.25) is 0 Å². The summed E-state index contributed by atoms with van der Waals surface area (Å²) in [6.45, 7) is 8.57. The quantitative estimate of drug-likeness (QED) is 0.845. The van der Waals surface area contributed by atoms with Crippen LogP contribution in [0.5, 0.6) is 0 Å². The van der Waals surface area contributed by atoms with E-state index in [1.54, 1.807) is 0 Å². The summed E-state index contributed by atoms with van der Waals surface area (Å²) >= 11 is 11.6. The summed E-state index contributed by atoms with van der Waals surface area (Å²) in [7, 11) is 0. The van der Waals surface area contributed by atoms with Crippen LogP contribution >= 0.6 is 23.2 Å². The summed E-state index contributed by atoms with van der Waals surface area (Å²) < 4.78 is 0. The van der Waals surface area contributed by atoms with Gasteiger partial charge in [-0.15, -0.1) is 0 Å². The normalized spacial score (nSPS) is 20.6. The fourth-order valence-electron chi connectivity index (χ4n) is 2.37. The van der Waals surface area contributed by atoms with Crippen molar-refractivity contribution in [1.29, 1.82) is 0 Å². The molecule has 3 nitrogen and oxygen atoms in total. The van der Waals surface area contributed by atoms with Gasteiger partial charge in [0.05, 0.1) is 0 Å². The molecule has 1 saturated carbocycles. The van der Waals surface area contributed by atoms with Crippen LogP contribution in [-0.4, -0.2) is 16.9 Å². The number of hydrogen-bond donors (Lipinski definition) is 1. The minimum atomic E-state index is -0.162. The zero-order valence-electron chi connectivity index (χ0n) is 10.8. The summed E-state index contributed by atoms with van der Waals surface area (Å²) in [5, 5.41) is 3.47. The van der Waals surface area contributed by atoms with Gasteiger partial charge in [-0.25, -0.2) is 4.98 Å². The molecule has 0 bridgehead atoms. The van der Waals surface area contributed by atoms with Crippen molar-refractivity contribution < 1.29 is 4.79 Å². The minimum Gasteiger partial charge on any atom is -0.348 e. The number of amides is 1. The molecule has 0 aliphatic heterocycles. The number of carbonyl (C=O) groups excluding carboxylic acids is 1. The van der Waals surface area contributed by atoms with Crippen LogP contribution in [0.1, 0.15) is 38.1 Å². The molecular formula is C13H16Cl2N2O. The van der Waals surface area contributed by atoms with Gasteiger partial charge in [0.25, 0.3) is 5.91 Å². The first-order valence-corrected chi connectivity index (χ1v) is 6.56. The van der Waals surface area contributed by atoms with Crippen molar-refractivity contribution in [3.8, 4) is 0 Å². The molecule has 1 aliphatic rings. The van der Waals surface area contributed by atoms with Crippen molar-refractivity contribution in [2.24, 2.45) is 10.8 Å². The van der Waals surface area contributed by atoms with Gasteiger partial charge in [-0.3, -0.25) is 4.79 Å². The molecule has 0 saturated heterocycles. The number of aromatic nitrogens is 1. The van der Waals surface area contributed by atoms with E-state index in [9.17, 15) is 4.79 Å². The largest absolute Gasteiger partial charge is 0.348 e. The molecule has 0 spiro atoms. The van der Waals surface area contributed by atoms with Gasteiger partial charge >= 0.3 is 0 Å². The molecule has 1 heterocycles. The molecular weight excluding hydrogens is 271 g/mol. The molecule has 1 aromatic heterocycles. The summed E-state index contributed by atoms with van der Waals surface area (Å²) in [6.07, 6.45) is 0. The number of hydrogen-bond acceptors (Lipinski definition) is 2. The molecule has 1 N–H and O–H groups in total. The Hall–Kier alpha value is -0.800. The summed E-state index contributed by atoms with van der Waals surface area (Å²) in [5.41, 5.74) is 0.644. The lowest BCUT2D eigenvalue weighted by Crippen LogP contribution is -2.29. The summed E-state index contributed by atoms with van der Waals surface area (Å²) in [4.78, 5) is 15.9. The van der Waals surface area contributed by atoms with Crippen LogP contribution in [0.2, 0.25) is 10.3 Å². The van der Waals surface area contributed by atoms with E-state index in [-0.39, 0.29) is 33.1 Å². The second kappa shape index (κ2) is 4.10. The van der Waals surface area contributed by atoms with Crippen LogP contribution in [0.4, 0.5) is 0 Å². The highest BCUT2D eigenvalue weighted by atomic mass is 35.5. The van der Waals surface area contributed by atoms with Gasteiger partial charge in [0.1, 0.15) is 10.3 Å². The first kappa shape index (κ1) is 13.6. The van der Waals surface area contributed by atoms with Gasteiger partial charge < -0.3 is 5.32 Å². The monoisotopic (exact) mass is 286 g/mol. The van der Waals surface area contributed by atoms with Gasteiger partial charge in [-0.05, 0) is 23.0 Å². The predicted octanol–water partition coefficient (Wildman–Crippen LogP) is 3.55. The fraction of sp³-hybridized carbons (Fsp3) is 0.538. The summed E-state index contributed by atoms with van der Waals surface area (Å²) in [6, 6.07) is 3.19. The van der Waals surface area contributed by atoms with E-state index >= 15 is 0 Å². The van der Waals surface area contributed by atoms with Crippen LogP contribution in [0.15, 0.2) is 12.1 Å².